The molecule has 1 aromatic heterocycles. The van der Waals surface area contributed by atoms with Crippen LogP contribution in [0.25, 0.3) is 17.0 Å². The third-order valence-corrected chi connectivity index (χ3v) is 3.75. The molecule has 2 heterocycles. The van der Waals surface area contributed by atoms with Gasteiger partial charge in [0.15, 0.2) is 0 Å². The number of benzene rings is 1. The molecular formula is C20H21NO6. The molecule has 27 heavy (non-hydrogen) atoms. The second-order valence-corrected chi connectivity index (χ2v) is 7.69. The van der Waals surface area contributed by atoms with Crippen LogP contribution in [0.4, 0.5) is 4.79 Å². The number of para-hydroxylation sites is 1. The number of nitrogens with zero attached hydrogens (tertiary/aromatic N) is 1. The van der Waals surface area contributed by atoms with Gasteiger partial charge >= 0.3 is 18.0 Å². The average molecular weight is 371 g/mol. The molecule has 0 N–H and O–H groups in total. The number of carbonyl (C=O) groups is 3. The van der Waals surface area contributed by atoms with E-state index >= 15 is 0 Å². The van der Waals surface area contributed by atoms with Crippen LogP contribution < -0.4 is 0 Å². The maximum absolute atomic E-state index is 12.5. The van der Waals surface area contributed by atoms with Gasteiger partial charge in [0.05, 0.1) is 5.52 Å². The van der Waals surface area contributed by atoms with E-state index in [4.69, 9.17) is 14.2 Å². The Hall–Kier alpha value is -3.09. The first kappa shape index (κ1) is 18.7. The molecule has 142 valence electrons. The Kier molecular flexibility index (Phi) is 4.34. The fraction of sp³-hybridized carbons (Fsp3) is 0.350. The number of hydrogen-bond donors (Lipinski definition) is 0. The van der Waals surface area contributed by atoms with Gasteiger partial charge in [0.1, 0.15) is 11.2 Å². The molecule has 0 spiro atoms. The van der Waals surface area contributed by atoms with Crippen molar-refractivity contribution in [1.82, 2.24) is 4.57 Å². The van der Waals surface area contributed by atoms with Crippen LogP contribution in [0.2, 0.25) is 0 Å². The summed E-state index contributed by atoms with van der Waals surface area (Å²) in [6.45, 7) is 8.28. The van der Waals surface area contributed by atoms with Crippen molar-refractivity contribution in [3.8, 4) is 0 Å². The van der Waals surface area contributed by atoms with Crippen molar-refractivity contribution in [2.24, 2.45) is 0 Å². The van der Waals surface area contributed by atoms with Gasteiger partial charge in [-0.2, -0.15) is 0 Å². The highest BCUT2D eigenvalue weighted by Gasteiger charge is 2.39. The molecule has 0 amide bonds. The second kappa shape index (κ2) is 6.26. The number of hydrogen-bond acceptors (Lipinski definition) is 6. The number of fused-ring (bicyclic) bond motifs is 1. The standard InChI is InChI=1S/C20H21NO6/c1-19(2,3)27-18(24)21-11-12(13-8-6-7-9-15(13)21)10-14-16(22)25-20(4,5)26-17(14)23/h6-11H,1-5H3. The number of aromatic nitrogens is 1. The lowest BCUT2D eigenvalue weighted by Crippen LogP contribution is -2.41. The quantitative estimate of drug-likeness (QED) is 0.432. The molecule has 1 saturated heterocycles. The summed E-state index contributed by atoms with van der Waals surface area (Å²) in [6, 6.07) is 7.12. The molecule has 7 nitrogen and oxygen atoms in total. The molecule has 0 saturated carbocycles. The summed E-state index contributed by atoms with van der Waals surface area (Å²) in [7, 11) is 0. The fourth-order valence-electron chi connectivity index (χ4n) is 2.72. The Bertz CT molecular complexity index is 952. The summed E-state index contributed by atoms with van der Waals surface area (Å²) in [5.74, 6) is -2.86. The summed E-state index contributed by atoms with van der Waals surface area (Å²) < 4.78 is 17.0. The molecule has 1 aromatic carbocycles. The summed E-state index contributed by atoms with van der Waals surface area (Å²) in [4.78, 5) is 36.9. The summed E-state index contributed by atoms with van der Waals surface area (Å²) >= 11 is 0. The zero-order valence-corrected chi connectivity index (χ0v) is 15.9. The van der Waals surface area contributed by atoms with E-state index in [9.17, 15) is 14.4 Å². The van der Waals surface area contributed by atoms with Crippen LogP contribution in [-0.4, -0.2) is 34.0 Å². The van der Waals surface area contributed by atoms with Gasteiger partial charge in [-0.05, 0) is 32.9 Å². The zero-order chi connectivity index (χ0) is 20.0. The minimum Gasteiger partial charge on any atom is -0.443 e. The number of esters is 2. The average Bonchev–Trinajstić information content (AvgIpc) is 2.87. The maximum Gasteiger partial charge on any atom is 0.419 e. The number of ether oxygens (including phenoxy) is 3. The van der Waals surface area contributed by atoms with Crippen LogP contribution in [-0.2, 0) is 23.8 Å². The highest BCUT2D eigenvalue weighted by Crippen LogP contribution is 2.28. The van der Waals surface area contributed by atoms with E-state index < -0.39 is 29.4 Å². The topological polar surface area (TPSA) is 83.8 Å². The van der Waals surface area contributed by atoms with Crippen molar-refractivity contribution in [3.63, 3.8) is 0 Å². The van der Waals surface area contributed by atoms with Gasteiger partial charge in [0.2, 0.25) is 0 Å². The molecule has 1 aliphatic heterocycles. The highest BCUT2D eigenvalue weighted by molar-refractivity contribution is 6.19. The van der Waals surface area contributed by atoms with Crippen LogP contribution in [0, 0.1) is 0 Å². The van der Waals surface area contributed by atoms with Crippen molar-refractivity contribution in [2.75, 3.05) is 0 Å². The Labute approximate surface area is 156 Å². The van der Waals surface area contributed by atoms with Gasteiger partial charge < -0.3 is 14.2 Å². The Morgan fingerprint density at radius 1 is 1.11 bits per heavy atom. The van der Waals surface area contributed by atoms with Crippen molar-refractivity contribution in [2.45, 2.75) is 46.0 Å². The first-order valence-electron chi connectivity index (χ1n) is 8.49. The molecule has 1 fully saturated rings. The van der Waals surface area contributed by atoms with Crippen LogP contribution >= 0.6 is 0 Å². The van der Waals surface area contributed by atoms with Gasteiger partial charge in [-0.15, -0.1) is 0 Å². The molecular weight excluding hydrogens is 350 g/mol. The first-order chi connectivity index (χ1) is 12.5. The van der Waals surface area contributed by atoms with Crippen LogP contribution in [0.3, 0.4) is 0 Å². The summed E-state index contributed by atoms with van der Waals surface area (Å²) in [5, 5.41) is 0.682. The molecule has 0 radical (unpaired) electrons. The van der Waals surface area contributed by atoms with Crippen molar-refractivity contribution in [1.29, 1.82) is 0 Å². The molecule has 3 rings (SSSR count). The predicted octanol–water partition coefficient (Wildman–Crippen LogP) is 3.64. The van der Waals surface area contributed by atoms with E-state index in [1.807, 2.05) is 0 Å². The number of carbonyl (C=O) groups excluding carboxylic acids is 3. The van der Waals surface area contributed by atoms with Crippen LogP contribution in [0.15, 0.2) is 36.0 Å². The number of cyclic esters (lactones) is 2. The fourth-order valence-corrected chi connectivity index (χ4v) is 2.72. The normalized spacial score (nSPS) is 16.7. The summed E-state index contributed by atoms with van der Waals surface area (Å²) in [6.07, 6.45) is 2.33. The maximum atomic E-state index is 12.5. The molecule has 1 aliphatic rings. The minimum atomic E-state index is -1.31. The van der Waals surface area contributed by atoms with E-state index in [1.54, 1.807) is 45.0 Å². The van der Waals surface area contributed by atoms with Gasteiger partial charge in [0, 0.05) is 31.0 Å². The van der Waals surface area contributed by atoms with Gasteiger partial charge in [-0.25, -0.2) is 14.4 Å². The lowest BCUT2D eigenvalue weighted by atomic mass is 10.1. The predicted molar refractivity (Wildman–Crippen MR) is 97.8 cm³/mol. The smallest absolute Gasteiger partial charge is 0.419 e. The lowest BCUT2D eigenvalue weighted by Gasteiger charge is -2.29. The second-order valence-electron chi connectivity index (χ2n) is 7.69. The largest absolute Gasteiger partial charge is 0.443 e. The third kappa shape index (κ3) is 3.86. The lowest BCUT2D eigenvalue weighted by molar-refractivity contribution is -0.222. The minimum absolute atomic E-state index is 0.235. The number of rotatable bonds is 1. The van der Waals surface area contributed by atoms with Gasteiger partial charge in [-0.1, -0.05) is 18.2 Å². The molecule has 0 bridgehead atoms. The van der Waals surface area contributed by atoms with E-state index in [1.165, 1.54) is 30.7 Å². The van der Waals surface area contributed by atoms with Gasteiger partial charge in [-0.3, -0.25) is 4.57 Å². The summed E-state index contributed by atoms with van der Waals surface area (Å²) in [5.41, 5.74) is 0.196. The Morgan fingerprint density at radius 3 is 2.30 bits per heavy atom. The van der Waals surface area contributed by atoms with Crippen molar-refractivity contribution >= 4 is 35.0 Å². The van der Waals surface area contributed by atoms with Crippen molar-refractivity contribution in [3.05, 3.63) is 41.6 Å². The molecule has 2 aromatic rings. The first-order valence-corrected chi connectivity index (χ1v) is 8.49. The van der Waals surface area contributed by atoms with Crippen LogP contribution in [0.1, 0.15) is 40.2 Å². The van der Waals surface area contributed by atoms with E-state index in [2.05, 4.69) is 0 Å². The van der Waals surface area contributed by atoms with E-state index in [0.29, 0.717) is 16.5 Å². The van der Waals surface area contributed by atoms with Crippen LogP contribution in [0.5, 0.6) is 0 Å². The Morgan fingerprint density at radius 2 is 1.70 bits per heavy atom. The highest BCUT2D eigenvalue weighted by atomic mass is 16.7. The van der Waals surface area contributed by atoms with E-state index in [-0.39, 0.29) is 5.57 Å². The SMILES string of the molecule is CC(C)(C)OC(=O)n1cc(C=C2C(=O)OC(C)(C)OC2=O)c2ccccc21. The monoisotopic (exact) mass is 371 g/mol. The molecule has 0 aliphatic carbocycles. The molecule has 0 atom stereocenters. The molecule has 0 unspecified atom stereocenters. The van der Waals surface area contributed by atoms with Gasteiger partial charge in [0.25, 0.3) is 5.79 Å². The molecule has 7 heteroatoms. The Balaban J connectivity index is 2.07. The van der Waals surface area contributed by atoms with E-state index in [0.717, 1.165) is 0 Å². The van der Waals surface area contributed by atoms with Crippen molar-refractivity contribution < 1.29 is 28.6 Å². The zero-order valence-electron chi connectivity index (χ0n) is 15.9. The third-order valence-electron chi connectivity index (χ3n) is 3.75.